The van der Waals surface area contributed by atoms with Gasteiger partial charge in [-0.3, -0.25) is 9.69 Å². The highest BCUT2D eigenvalue weighted by molar-refractivity contribution is 9.10. The molecule has 0 bridgehead atoms. The van der Waals surface area contributed by atoms with Gasteiger partial charge in [-0.05, 0) is 24.6 Å². The van der Waals surface area contributed by atoms with E-state index in [-0.39, 0.29) is 11.8 Å². The molecule has 0 aliphatic carbocycles. The van der Waals surface area contributed by atoms with Crippen LogP contribution in [0.15, 0.2) is 39.3 Å². The molecule has 0 saturated carbocycles. The van der Waals surface area contributed by atoms with Crippen LogP contribution in [-0.2, 0) is 4.79 Å². The van der Waals surface area contributed by atoms with E-state index in [1.807, 2.05) is 24.3 Å². The number of benzene rings is 1. The van der Waals surface area contributed by atoms with E-state index in [0.29, 0.717) is 31.1 Å². The molecule has 0 radical (unpaired) electrons. The summed E-state index contributed by atoms with van der Waals surface area (Å²) in [6.45, 7) is 1.11. The zero-order valence-electron chi connectivity index (χ0n) is 10.8. The van der Waals surface area contributed by atoms with E-state index in [4.69, 9.17) is 10.3 Å². The van der Waals surface area contributed by atoms with Crippen LogP contribution < -0.4 is 10.6 Å². The Kier molecular flexibility index (Phi) is 3.58. The van der Waals surface area contributed by atoms with E-state index in [2.05, 4.69) is 21.1 Å². The van der Waals surface area contributed by atoms with Gasteiger partial charge in [-0.25, -0.2) is 0 Å². The second kappa shape index (κ2) is 5.38. The van der Waals surface area contributed by atoms with E-state index in [1.54, 1.807) is 11.0 Å². The van der Waals surface area contributed by atoms with Crippen molar-refractivity contribution in [3.8, 4) is 11.3 Å². The zero-order valence-corrected chi connectivity index (χ0v) is 12.3. The maximum absolute atomic E-state index is 11.9. The fourth-order valence-corrected chi connectivity index (χ4v) is 2.73. The van der Waals surface area contributed by atoms with Crippen LogP contribution in [0, 0.1) is 5.92 Å². The van der Waals surface area contributed by atoms with Gasteiger partial charge in [0.2, 0.25) is 11.8 Å². The molecule has 1 fully saturated rings. The smallest absolute Gasteiger partial charge is 0.234 e. The van der Waals surface area contributed by atoms with Crippen molar-refractivity contribution in [3.63, 3.8) is 0 Å². The molecule has 2 aromatic rings. The minimum Gasteiger partial charge on any atom is -0.338 e. The zero-order chi connectivity index (χ0) is 14.1. The van der Waals surface area contributed by atoms with E-state index in [0.717, 1.165) is 10.0 Å². The molecule has 5 nitrogen and oxygen atoms in total. The maximum atomic E-state index is 11.9. The van der Waals surface area contributed by atoms with Gasteiger partial charge in [0.25, 0.3) is 0 Å². The molecule has 1 aromatic heterocycles. The highest BCUT2D eigenvalue weighted by atomic mass is 79.9. The number of nitrogens with two attached hydrogens (primary N) is 1. The molecular formula is C14H14BrN3O2. The number of hydrogen-bond donors (Lipinski definition) is 1. The van der Waals surface area contributed by atoms with Gasteiger partial charge < -0.3 is 10.3 Å². The van der Waals surface area contributed by atoms with Gasteiger partial charge in [0.1, 0.15) is 5.69 Å². The molecule has 2 heterocycles. The van der Waals surface area contributed by atoms with Crippen LogP contribution in [0.5, 0.6) is 0 Å². The van der Waals surface area contributed by atoms with Gasteiger partial charge in [0, 0.05) is 29.1 Å². The topological polar surface area (TPSA) is 72.4 Å². The highest BCUT2D eigenvalue weighted by Gasteiger charge is 2.32. The second-order valence-corrected chi connectivity index (χ2v) is 5.79. The monoisotopic (exact) mass is 335 g/mol. The first-order valence-electron chi connectivity index (χ1n) is 6.40. The summed E-state index contributed by atoms with van der Waals surface area (Å²) >= 11 is 3.42. The Bertz CT molecular complexity index is 641. The number of halogens is 1. The first kappa shape index (κ1) is 13.3. The van der Waals surface area contributed by atoms with Crippen LogP contribution in [0.4, 0.5) is 5.88 Å². The van der Waals surface area contributed by atoms with Gasteiger partial charge >= 0.3 is 0 Å². The summed E-state index contributed by atoms with van der Waals surface area (Å²) in [6.07, 6.45) is 0.476. The molecule has 1 aromatic carbocycles. The number of amides is 1. The fraction of sp³-hybridized carbons (Fsp3) is 0.286. The molecule has 20 heavy (non-hydrogen) atoms. The first-order chi connectivity index (χ1) is 9.67. The molecule has 6 heteroatoms. The largest absolute Gasteiger partial charge is 0.338 e. The number of anilines is 1. The Hall–Kier alpha value is -1.66. The highest BCUT2D eigenvalue weighted by Crippen LogP contribution is 2.29. The fourth-order valence-electron chi connectivity index (χ4n) is 2.33. The molecule has 1 aliphatic heterocycles. The van der Waals surface area contributed by atoms with Crippen LogP contribution in [-0.4, -0.2) is 24.2 Å². The number of hydrogen-bond acceptors (Lipinski definition) is 4. The average Bonchev–Trinajstić information content (AvgIpc) is 3.05. The lowest BCUT2D eigenvalue weighted by molar-refractivity contribution is -0.117. The summed E-state index contributed by atoms with van der Waals surface area (Å²) in [4.78, 5) is 13.5. The Morgan fingerprint density at radius 3 is 3.00 bits per heavy atom. The van der Waals surface area contributed by atoms with Gasteiger partial charge in [-0.1, -0.05) is 33.2 Å². The number of aromatic nitrogens is 1. The minimum absolute atomic E-state index is 0.0393. The third kappa shape index (κ3) is 2.48. The lowest BCUT2D eigenvalue weighted by atomic mass is 10.1. The molecule has 3 rings (SSSR count). The van der Waals surface area contributed by atoms with Crippen molar-refractivity contribution in [2.24, 2.45) is 11.7 Å². The average molecular weight is 336 g/mol. The summed E-state index contributed by atoms with van der Waals surface area (Å²) in [6, 6.07) is 9.56. The third-order valence-corrected chi connectivity index (χ3v) is 3.92. The predicted octanol–water partition coefficient (Wildman–Crippen LogP) is 2.42. The molecule has 1 amide bonds. The lowest BCUT2D eigenvalue weighted by Gasteiger charge is -2.10. The van der Waals surface area contributed by atoms with Gasteiger partial charge in [-0.2, -0.15) is 0 Å². The van der Waals surface area contributed by atoms with Crippen molar-refractivity contribution in [2.75, 3.05) is 18.0 Å². The van der Waals surface area contributed by atoms with Gasteiger partial charge in [0.05, 0.1) is 0 Å². The molecule has 1 unspecified atom stereocenters. The van der Waals surface area contributed by atoms with E-state index in [1.165, 1.54) is 0 Å². The summed E-state index contributed by atoms with van der Waals surface area (Å²) in [7, 11) is 0. The number of carbonyl (C=O) groups excluding carboxylic acids is 1. The van der Waals surface area contributed by atoms with Crippen molar-refractivity contribution in [2.45, 2.75) is 6.42 Å². The standard InChI is InChI=1S/C14H14BrN3O2/c15-11-3-1-2-10(5-11)12-6-14(20-17-12)18-8-9(7-16)4-13(18)19/h1-3,5-6,9H,4,7-8,16H2. The SMILES string of the molecule is NCC1CC(=O)N(c2cc(-c3cccc(Br)c3)no2)C1. The molecule has 0 spiro atoms. The predicted molar refractivity (Wildman–Crippen MR) is 79.2 cm³/mol. The lowest BCUT2D eigenvalue weighted by Crippen LogP contribution is -2.25. The van der Waals surface area contributed by atoms with Crippen molar-refractivity contribution in [1.82, 2.24) is 5.16 Å². The summed E-state index contributed by atoms with van der Waals surface area (Å²) < 4.78 is 6.28. The van der Waals surface area contributed by atoms with Gasteiger partial charge in [-0.15, -0.1) is 0 Å². The molecule has 1 saturated heterocycles. The van der Waals surface area contributed by atoms with Crippen LogP contribution in [0.3, 0.4) is 0 Å². The normalized spacial score (nSPS) is 18.8. The molecule has 1 atom stereocenters. The quantitative estimate of drug-likeness (QED) is 0.934. The molecule has 104 valence electrons. The Morgan fingerprint density at radius 2 is 2.30 bits per heavy atom. The van der Waals surface area contributed by atoms with E-state index >= 15 is 0 Å². The van der Waals surface area contributed by atoms with Gasteiger partial charge in [0.15, 0.2) is 0 Å². The summed E-state index contributed by atoms with van der Waals surface area (Å²) in [5.74, 6) is 0.722. The minimum atomic E-state index is 0.0393. The molecule has 2 N–H and O–H groups in total. The van der Waals surface area contributed by atoms with E-state index < -0.39 is 0 Å². The summed E-state index contributed by atoms with van der Waals surface area (Å²) in [5.41, 5.74) is 7.27. The van der Waals surface area contributed by atoms with Crippen LogP contribution in [0.1, 0.15) is 6.42 Å². The van der Waals surface area contributed by atoms with Crippen LogP contribution in [0.2, 0.25) is 0 Å². The van der Waals surface area contributed by atoms with Crippen molar-refractivity contribution < 1.29 is 9.32 Å². The number of rotatable bonds is 3. The maximum Gasteiger partial charge on any atom is 0.234 e. The van der Waals surface area contributed by atoms with Crippen LogP contribution >= 0.6 is 15.9 Å². The molecular weight excluding hydrogens is 322 g/mol. The third-order valence-electron chi connectivity index (χ3n) is 3.42. The molecule has 1 aliphatic rings. The Morgan fingerprint density at radius 1 is 1.45 bits per heavy atom. The van der Waals surface area contributed by atoms with E-state index in [9.17, 15) is 4.79 Å². The van der Waals surface area contributed by atoms with Crippen molar-refractivity contribution >= 4 is 27.7 Å². The summed E-state index contributed by atoms with van der Waals surface area (Å²) in [5, 5.41) is 4.04. The number of carbonyl (C=O) groups is 1. The second-order valence-electron chi connectivity index (χ2n) is 4.87. The Balaban J connectivity index is 1.86. The van der Waals surface area contributed by atoms with Crippen molar-refractivity contribution in [3.05, 3.63) is 34.8 Å². The van der Waals surface area contributed by atoms with Crippen LogP contribution in [0.25, 0.3) is 11.3 Å². The van der Waals surface area contributed by atoms with Crippen molar-refractivity contribution in [1.29, 1.82) is 0 Å². The number of nitrogens with zero attached hydrogens (tertiary/aromatic N) is 2. The Labute approximate surface area is 124 Å². The first-order valence-corrected chi connectivity index (χ1v) is 7.20.